The van der Waals surface area contributed by atoms with Crippen molar-refractivity contribution in [3.05, 3.63) is 42.7 Å². The lowest BCUT2D eigenvalue weighted by molar-refractivity contribution is 0.0379. The number of rotatable bonds is 5. The van der Waals surface area contributed by atoms with Gasteiger partial charge in [0.1, 0.15) is 6.10 Å². The van der Waals surface area contributed by atoms with E-state index in [1.807, 2.05) is 6.92 Å². The smallest absolute Gasteiger partial charge is 0.340 e. The maximum atomic E-state index is 11.6. The molecule has 1 heterocycles. The summed E-state index contributed by atoms with van der Waals surface area (Å²) in [5.41, 5.74) is 0.473. The van der Waals surface area contributed by atoms with E-state index in [4.69, 9.17) is 4.74 Å². The van der Waals surface area contributed by atoms with Gasteiger partial charge in [-0.2, -0.15) is 0 Å². The molecule has 15 heavy (non-hydrogen) atoms. The first kappa shape index (κ1) is 11.4. The topological polar surface area (TPSA) is 39.2 Å². The van der Waals surface area contributed by atoms with Crippen LogP contribution in [0.2, 0.25) is 0 Å². The van der Waals surface area contributed by atoms with Gasteiger partial charge in [0.05, 0.1) is 5.56 Å². The van der Waals surface area contributed by atoms with E-state index < -0.39 is 0 Å². The van der Waals surface area contributed by atoms with Crippen molar-refractivity contribution in [3.8, 4) is 0 Å². The van der Waals surface area contributed by atoms with Crippen LogP contribution in [-0.4, -0.2) is 17.1 Å². The van der Waals surface area contributed by atoms with E-state index in [-0.39, 0.29) is 12.1 Å². The lowest BCUT2D eigenvalue weighted by Gasteiger charge is -2.12. The summed E-state index contributed by atoms with van der Waals surface area (Å²) < 4.78 is 5.23. The fourth-order valence-corrected chi connectivity index (χ4v) is 1.20. The van der Waals surface area contributed by atoms with Crippen molar-refractivity contribution >= 4 is 5.97 Å². The molecule has 0 saturated carbocycles. The summed E-state index contributed by atoms with van der Waals surface area (Å²) >= 11 is 0. The summed E-state index contributed by atoms with van der Waals surface area (Å²) in [6.45, 7) is 5.67. The van der Waals surface area contributed by atoms with E-state index >= 15 is 0 Å². The molecule has 0 N–H and O–H groups in total. The van der Waals surface area contributed by atoms with Gasteiger partial charge in [0.25, 0.3) is 0 Å². The molecule has 0 saturated heterocycles. The second kappa shape index (κ2) is 5.96. The quantitative estimate of drug-likeness (QED) is 0.548. The number of ether oxygens (including phenoxy) is 1. The van der Waals surface area contributed by atoms with Crippen molar-refractivity contribution in [2.75, 3.05) is 0 Å². The minimum Gasteiger partial charge on any atom is -0.455 e. The van der Waals surface area contributed by atoms with Crippen LogP contribution >= 0.6 is 0 Å². The van der Waals surface area contributed by atoms with Crippen LogP contribution in [0.5, 0.6) is 0 Å². The van der Waals surface area contributed by atoms with Crippen molar-refractivity contribution in [2.45, 2.75) is 25.9 Å². The number of aromatic nitrogens is 1. The number of hydrogen-bond donors (Lipinski definition) is 0. The van der Waals surface area contributed by atoms with Crippen LogP contribution in [0.1, 0.15) is 30.1 Å². The Balaban J connectivity index is 2.58. The molecule has 3 heteroatoms. The van der Waals surface area contributed by atoms with Crippen molar-refractivity contribution < 1.29 is 9.53 Å². The number of nitrogens with zero attached hydrogens (tertiary/aromatic N) is 1. The van der Waals surface area contributed by atoms with Crippen molar-refractivity contribution in [1.29, 1.82) is 0 Å². The average Bonchev–Trinajstić information content (AvgIpc) is 2.29. The summed E-state index contributed by atoms with van der Waals surface area (Å²) in [5, 5.41) is 0. The fourth-order valence-electron chi connectivity index (χ4n) is 1.20. The molecule has 1 unspecified atom stereocenters. The molecule has 1 aromatic heterocycles. The Morgan fingerprint density at radius 2 is 2.53 bits per heavy atom. The summed E-state index contributed by atoms with van der Waals surface area (Å²) in [6, 6.07) is 3.39. The number of carbonyl (C=O) groups is 1. The lowest BCUT2D eigenvalue weighted by Crippen LogP contribution is -2.15. The predicted molar refractivity (Wildman–Crippen MR) is 58.5 cm³/mol. The van der Waals surface area contributed by atoms with Crippen LogP contribution in [0.3, 0.4) is 0 Å². The zero-order valence-corrected chi connectivity index (χ0v) is 8.85. The fraction of sp³-hybridized carbons (Fsp3) is 0.333. The van der Waals surface area contributed by atoms with Crippen LogP contribution in [-0.2, 0) is 4.74 Å². The molecular formula is C12H15NO2. The van der Waals surface area contributed by atoms with E-state index in [1.54, 1.807) is 24.4 Å². The summed E-state index contributed by atoms with van der Waals surface area (Å²) in [5.74, 6) is -0.346. The molecule has 0 aliphatic rings. The Bertz CT molecular complexity index is 322. The maximum Gasteiger partial charge on any atom is 0.340 e. The number of carbonyl (C=O) groups excluding carboxylic acids is 1. The molecule has 0 radical (unpaired) electrons. The Kier molecular flexibility index (Phi) is 4.54. The molecule has 3 nitrogen and oxygen atoms in total. The van der Waals surface area contributed by atoms with Crippen molar-refractivity contribution in [3.63, 3.8) is 0 Å². The van der Waals surface area contributed by atoms with E-state index in [9.17, 15) is 4.79 Å². The first-order chi connectivity index (χ1) is 7.27. The van der Waals surface area contributed by atoms with Gasteiger partial charge >= 0.3 is 5.97 Å². The second-order valence-corrected chi connectivity index (χ2v) is 3.21. The number of hydrogen-bond acceptors (Lipinski definition) is 3. The molecule has 0 aliphatic heterocycles. The van der Waals surface area contributed by atoms with E-state index in [2.05, 4.69) is 11.6 Å². The predicted octanol–water partition coefficient (Wildman–Crippen LogP) is 2.59. The average molecular weight is 205 g/mol. The second-order valence-electron chi connectivity index (χ2n) is 3.21. The van der Waals surface area contributed by atoms with E-state index in [1.165, 1.54) is 6.20 Å². The molecular weight excluding hydrogens is 190 g/mol. The van der Waals surface area contributed by atoms with Gasteiger partial charge < -0.3 is 4.74 Å². The first-order valence-electron chi connectivity index (χ1n) is 5.01. The molecule has 0 amide bonds. The normalized spacial score (nSPS) is 11.8. The van der Waals surface area contributed by atoms with Crippen LogP contribution in [0.4, 0.5) is 0 Å². The molecule has 0 spiro atoms. The molecule has 0 aliphatic carbocycles. The zero-order chi connectivity index (χ0) is 11.1. The van der Waals surface area contributed by atoms with E-state index in [0.717, 1.165) is 12.8 Å². The summed E-state index contributed by atoms with van der Waals surface area (Å²) in [6.07, 6.45) is 6.31. The lowest BCUT2D eigenvalue weighted by atomic mass is 10.2. The molecule has 0 aromatic carbocycles. The third-order valence-corrected chi connectivity index (χ3v) is 1.99. The van der Waals surface area contributed by atoms with Gasteiger partial charge in [-0.3, -0.25) is 4.98 Å². The third kappa shape index (κ3) is 3.54. The Morgan fingerprint density at radius 3 is 3.07 bits per heavy atom. The van der Waals surface area contributed by atoms with E-state index in [0.29, 0.717) is 5.56 Å². The van der Waals surface area contributed by atoms with Crippen LogP contribution in [0.15, 0.2) is 37.2 Å². The highest BCUT2D eigenvalue weighted by atomic mass is 16.5. The van der Waals surface area contributed by atoms with Crippen molar-refractivity contribution in [2.24, 2.45) is 0 Å². The van der Waals surface area contributed by atoms with Gasteiger partial charge in [-0.05, 0) is 18.6 Å². The monoisotopic (exact) mass is 205 g/mol. The maximum absolute atomic E-state index is 11.6. The highest BCUT2D eigenvalue weighted by Crippen LogP contribution is 2.07. The van der Waals surface area contributed by atoms with Gasteiger partial charge in [0.2, 0.25) is 0 Å². The van der Waals surface area contributed by atoms with Gasteiger partial charge in [-0.1, -0.05) is 26.0 Å². The molecule has 0 fully saturated rings. The summed E-state index contributed by atoms with van der Waals surface area (Å²) in [4.78, 5) is 15.4. The largest absolute Gasteiger partial charge is 0.455 e. The summed E-state index contributed by atoms with van der Waals surface area (Å²) in [7, 11) is 0. The van der Waals surface area contributed by atoms with Gasteiger partial charge in [0.15, 0.2) is 0 Å². The molecule has 1 rings (SSSR count). The zero-order valence-electron chi connectivity index (χ0n) is 8.85. The molecule has 0 bridgehead atoms. The highest BCUT2D eigenvalue weighted by molar-refractivity contribution is 5.89. The SMILES string of the molecule is C=CC(CCC)OC(=O)c1cccnc1. The van der Waals surface area contributed by atoms with Crippen LogP contribution in [0, 0.1) is 0 Å². The Labute approximate surface area is 89.8 Å². The highest BCUT2D eigenvalue weighted by Gasteiger charge is 2.11. The van der Waals surface area contributed by atoms with Crippen LogP contribution in [0.25, 0.3) is 0 Å². The number of esters is 1. The van der Waals surface area contributed by atoms with Crippen LogP contribution < -0.4 is 0 Å². The van der Waals surface area contributed by atoms with Crippen molar-refractivity contribution in [1.82, 2.24) is 4.98 Å². The minimum absolute atomic E-state index is 0.206. The molecule has 1 atom stereocenters. The van der Waals surface area contributed by atoms with Gasteiger partial charge in [0, 0.05) is 12.4 Å². The first-order valence-corrected chi connectivity index (χ1v) is 5.01. The van der Waals surface area contributed by atoms with Gasteiger partial charge in [-0.25, -0.2) is 4.79 Å². The Hall–Kier alpha value is -1.64. The van der Waals surface area contributed by atoms with Gasteiger partial charge in [-0.15, -0.1) is 0 Å². The molecule has 80 valence electrons. The number of pyridine rings is 1. The standard InChI is InChI=1S/C12H15NO2/c1-3-6-11(4-2)15-12(14)10-7-5-8-13-9-10/h4-5,7-9,11H,2-3,6H2,1H3. The molecule has 1 aromatic rings. The minimum atomic E-state index is -0.346. The Morgan fingerprint density at radius 1 is 1.73 bits per heavy atom. The third-order valence-electron chi connectivity index (χ3n) is 1.99.